The first-order valence-corrected chi connectivity index (χ1v) is 7.06. The van der Waals surface area contributed by atoms with E-state index in [0.29, 0.717) is 23.4 Å². The molecule has 106 valence electrons. The van der Waals surface area contributed by atoms with Crippen LogP contribution in [0.25, 0.3) is 0 Å². The Labute approximate surface area is 124 Å². The average Bonchev–Trinajstić information content (AvgIpc) is 2.45. The van der Waals surface area contributed by atoms with Gasteiger partial charge in [-0.2, -0.15) is 0 Å². The van der Waals surface area contributed by atoms with Crippen LogP contribution >= 0.6 is 11.6 Å². The molecule has 20 heavy (non-hydrogen) atoms. The van der Waals surface area contributed by atoms with Crippen molar-refractivity contribution in [2.45, 2.75) is 33.0 Å². The molecule has 2 rings (SSSR count). The molecule has 0 aliphatic carbocycles. The van der Waals surface area contributed by atoms with Crippen LogP contribution in [0.5, 0.6) is 5.75 Å². The Morgan fingerprint density at radius 3 is 2.75 bits per heavy atom. The highest BCUT2D eigenvalue weighted by molar-refractivity contribution is 6.32. The van der Waals surface area contributed by atoms with E-state index in [1.165, 1.54) is 0 Å². The molecule has 0 atom stereocenters. The molecule has 0 spiro atoms. The molecule has 0 fully saturated rings. The van der Waals surface area contributed by atoms with E-state index in [0.717, 1.165) is 17.7 Å². The van der Waals surface area contributed by atoms with Crippen LogP contribution in [0, 0.1) is 0 Å². The molecule has 0 aliphatic rings. The van der Waals surface area contributed by atoms with Crippen LogP contribution in [-0.4, -0.2) is 11.0 Å². The van der Waals surface area contributed by atoms with Crippen LogP contribution in [0.3, 0.4) is 0 Å². The molecule has 0 bridgehead atoms. The van der Waals surface area contributed by atoms with Gasteiger partial charge in [0.2, 0.25) is 0 Å². The predicted molar refractivity (Wildman–Crippen MR) is 82.0 cm³/mol. The van der Waals surface area contributed by atoms with Crippen LogP contribution in [0.4, 0.5) is 0 Å². The van der Waals surface area contributed by atoms with Crippen LogP contribution in [-0.2, 0) is 13.2 Å². The lowest BCUT2D eigenvalue weighted by molar-refractivity contribution is 0.306. The van der Waals surface area contributed by atoms with Crippen molar-refractivity contribution in [2.24, 2.45) is 0 Å². The maximum absolute atomic E-state index is 6.24. The summed E-state index contributed by atoms with van der Waals surface area (Å²) < 4.78 is 5.71. The van der Waals surface area contributed by atoms with Crippen molar-refractivity contribution in [1.82, 2.24) is 10.3 Å². The molecule has 4 heteroatoms. The normalized spacial score (nSPS) is 10.8. The molecule has 0 saturated heterocycles. The third kappa shape index (κ3) is 4.51. The molecular weight excluding hydrogens is 272 g/mol. The third-order valence-electron chi connectivity index (χ3n) is 2.83. The molecular formula is C16H19ClN2O. The number of pyridine rings is 1. The van der Waals surface area contributed by atoms with E-state index in [2.05, 4.69) is 24.1 Å². The van der Waals surface area contributed by atoms with Gasteiger partial charge in [-0.3, -0.25) is 4.98 Å². The van der Waals surface area contributed by atoms with E-state index >= 15 is 0 Å². The highest BCUT2D eigenvalue weighted by atomic mass is 35.5. The Bertz CT molecular complexity index is 543. The summed E-state index contributed by atoms with van der Waals surface area (Å²) in [5, 5.41) is 3.99. The lowest BCUT2D eigenvalue weighted by Gasteiger charge is -2.11. The van der Waals surface area contributed by atoms with Crippen LogP contribution < -0.4 is 10.1 Å². The Morgan fingerprint density at radius 1 is 1.25 bits per heavy atom. The van der Waals surface area contributed by atoms with E-state index in [-0.39, 0.29) is 0 Å². The fourth-order valence-electron chi connectivity index (χ4n) is 1.74. The van der Waals surface area contributed by atoms with Crippen molar-refractivity contribution in [3.05, 3.63) is 58.9 Å². The Balaban J connectivity index is 1.95. The number of hydrogen-bond donors (Lipinski definition) is 1. The van der Waals surface area contributed by atoms with E-state index < -0.39 is 0 Å². The van der Waals surface area contributed by atoms with Crippen molar-refractivity contribution in [3.8, 4) is 5.75 Å². The maximum atomic E-state index is 6.24. The van der Waals surface area contributed by atoms with E-state index in [4.69, 9.17) is 16.3 Å². The number of nitrogens with zero attached hydrogens (tertiary/aromatic N) is 1. The van der Waals surface area contributed by atoms with Gasteiger partial charge in [-0.25, -0.2) is 0 Å². The molecule has 0 unspecified atom stereocenters. The molecule has 3 nitrogen and oxygen atoms in total. The quantitative estimate of drug-likeness (QED) is 0.878. The van der Waals surface area contributed by atoms with Gasteiger partial charge in [0.05, 0.1) is 5.02 Å². The number of halogens is 1. The topological polar surface area (TPSA) is 34.1 Å². The second-order valence-electron chi connectivity index (χ2n) is 4.95. The summed E-state index contributed by atoms with van der Waals surface area (Å²) in [6.07, 6.45) is 3.53. The van der Waals surface area contributed by atoms with E-state index in [1.54, 1.807) is 12.4 Å². The Hall–Kier alpha value is -1.58. The second-order valence-corrected chi connectivity index (χ2v) is 5.36. The number of nitrogens with one attached hydrogen (secondary N) is 1. The zero-order valence-electron chi connectivity index (χ0n) is 11.8. The van der Waals surface area contributed by atoms with Gasteiger partial charge >= 0.3 is 0 Å². The molecule has 0 amide bonds. The molecule has 2 aromatic rings. The number of hydrogen-bond acceptors (Lipinski definition) is 3. The van der Waals surface area contributed by atoms with Crippen molar-refractivity contribution in [2.75, 3.05) is 0 Å². The summed E-state index contributed by atoms with van der Waals surface area (Å²) in [4.78, 5) is 4.05. The first kappa shape index (κ1) is 14.8. The van der Waals surface area contributed by atoms with Gasteiger partial charge in [0.15, 0.2) is 0 Å². The van der Waals surface area contributed by atoms with Gasteiger partial charge in [-0.05, 0) is 23.8 Å². The van der Waals surface area contributed by atoms with Crippen molar-refractivity contribution < 1.29 is 4.74 Å². The smallest absolute Gasteiger partial charge is 0.138 e. The van der Waals surface area contributed by atoms with Gasteiger partial charge in [-0.1, -0.05) is 37.6 Å². The summed E-state index contributed by atoms with van der Waals surface area (Å²) in [6.45, 7) is 5.51. The molecule has 1 aromatic carbocycles. The van der Waals surface area contributed by atoms with Gasteiger partial charge in [0, 0.05) is 30.5 Å². The molecule has 0 aliphatic heterocycles. The van der Waals surface area contributed by atoms with Gasteiger partial charge < -0.3 is 10.1 Å². The minimum atomic E-state index is 0.454. The number of ether oxygens (including phenoxy) is 1. The standard InChI is InChI=1S/C16H19ClN2O/c1-12(2)19-10-13-5-6-16(15(17)8-13)20-11-14-4-3-7-18-9-14/h3-9,12,19H,10-11H2,1-2H3. The lowest BCUT2D eigenvalue weighted by Crippen LogP contribution is -2.21. The Kier molecular flexibility index (Phi) is 5.39. The monoisotopic (exact) mass is 290 g/mol. The zero-order chi connectivity index (χ0) is 14.4. The maximum Gasteiger partial charge on any atom is 0.138 e. The predicted octanol–water partition coefficient (Wildman–Crippen LogP) is 3.81. The van der Waals surface area contributed by atoms with E-state index in [9.17, 15) is 0 Å². The summed E-state index contributed by atoms with van der Waals surface area (Å²) in [5.74, 6) is 0.698. The van der Waals surface area contributed by atoms with E-state index in [1.807, 2.05) is 30.3 Å². The molecule has 0 radical (unpaired) electrons. The first-order chi connectivity index (χ1) is 9.65. The van der Waals surface area contributed by atoms with Gasteiger partial charge in [0.25, 0.3) is 0 Å². The summed E-state index contributed by atoms with van der Waals surface area (Å²) in [7, 11) is 0. The van der Waals surface area contributed by atoms with Crippen molar-refractivity contribution in [3.63, 3.8) is 0 Å². The van der Waals surface area contributed by atoms with Crippen molar-refractivity contribution >= 4 is 11.6 Å². The number of rotatable bonds is 6. The minimum absolute atomic E-state index is 0.454. The summed E-state index contributed by atoms with van der Waals surface area (Å²) in [5.41, 5.74) is 2.17. The largest absolute Gasteiger partial charge is 0.487 e. The first-order valence-electron chi connectivity index (χ1n) is 6.68. The van der Waals surface area contributed by atoms with Gasteiger partial charge in [-0.15, -0.1) is 0 Å². The van der Waals surface area contributed by atoms with Crippen LogP contribution in [0.1, 0.15) is 25.0 Å². The molecule has 1 aromatic heterocycles. The highest BCUT2D eigenvalue weighted by Gasteiger charge is 2.04. The fraction of sp³-hybridized carbons (Fsp3) is 0.312. The van der Waals surface area contributed by atoms with Crippen molar-refractivity contribution in [1.29, 1.82) is 0 Å². The second kappa shape index (κ2) is 7.27. The van der Waals surface area contributed by atoms with Gasteiger partial charge in [0.1, 0.15) is 12.4 Å². The average molecular weight is 291 g/mol. The number of aromatic nitrogens is 1. The summed E-state index contributed by atoms with van der Waals surface area (Å²) in [6, 6.07) is 10.2. The Morgan fingerprint density at radius 2 is 2.10 bits per heavy atom. The SMILES string of the molecule is CC(C)NCc1ccc(OCc2cccnc2)c(Cl)c1. The minimum Gasteiger partial charge on any atom is -0.487 e. The lowest BCUT2D eigenvalue weighted by atomic mass is 10.2. The van der Waals surface area contributed by atoms with Crippen LogP contribution in [0.2, 0.25) is 5.02 Å². The molecule has 0 saturated carbocycles. The van der Waals surface area contributed by atoms with Crippen LogP contribution in [0.15, 0.2) is 42.7 Å². The third-order valence-corrected chi connectivity index (χ3v) is 3.12. The molecule has 1 heterocycles. The fourth-order valence-corrected chi connectivity index (χ4v) is 2.00. The summed E-state index contributed by atoms with van der Waals surface area (Å²) >= 11 is 6.24. The zero-order valence-corrected chi connectivity index (χ0v) is 12.5. The highest BCUT2D eigenvalue weighted by Crippen LogP contribution is 2.26. The number of benzene rings is 1. The molecule has 1 N–H and O–H groups in total.